The maximum atomic E-state index is 6.08. The number of halogens is 1. The van der Waals surface area contributed by atoms with Crippen LogP contribution in [-0.2, 0) is 24.5 Å². The van der Waals surface area contributed by atoms with E-state index in [0.717, 1.165) is 35.2 Å². The Hall–Kier alpha value is -1.29. The van der Waals surface area contributed by atoms with Gasteiger partial charge < -0.3 is 14.5 Å². The summed E-state index contributed by atoms with van der Waals surface area (Å²) >= 11 is 6.08. The average molecular weight is 308 g/mol. The van der Waals surface area contributed by atoms with Gasteiger partial charge in [0, 0.05) is 5.02 Å². The molecule has 0 atom stereocenters. The Balaban J connectivity index is 1.74. The SMILES string of the molecule is CC(C)CNCc1ccc(COCc2ccccc2Cl)o1. The molecule has 1 heterocycles. The van der Waals surface area contributed by atoms with E-state index in [9.17, 15) is 0 Å². The van der Waals surface area contributed by atoms with Crippen molar-refractivity contribution in [1.29, 1.82) is 0 Å². The molecule has 0 fully saturated rings. The third-order valence-corrected chi connectivity index (χ3v) is 3.40. The van der Waals surface area contributed by atoms with Crippen LogP contribution in [0.2, 0.25) is 5.02 Å². The van der Waals surface area contributed by atoms with E-state index in [0.29, 0.717) is 19.1 Å². The van der Waals surface area contributed by atoms with Crippen LogP contribution in [0.3, 0.4) is 0 Å². The summed E-state index contributed by atoms with van der Waals surface area (Å²) in [6.45, 7) is 7.05. The number of nitrogens with one attached hydrogen (secondary N) is 1. The van der Waals surface area contributed by atoms with Crippen LogP contribution in [-0.4, -0.2) is 6.54 Å². The van der Waals surface area contributed by atoms with Crippen LogP contribution in [0, 0.1) is 5.92 Å². The van der Waals surface area contributed by atoms with Crippen molar-refractivity contribution in [1.82, 2.24) is 5.32 Å². The fourth-order valence-electron chi connectivity index (χ4n) is 1.96. The number of ether oxygens (including phenoxy) is 1. The Morgan fingerprint density at radius 2 is 1.86 bits per heavy atom. The van der Waals surface area contributed by atoms with Gasteiger partial charge in [-0.25, -0.2) is 0 Å². The highest BCUT2D eigenvalue weighted by molar-refractivity contribution is 6.31. The van der Waals surface area contributed by atoms with Crippen molar-refractivity contribution in [3.63, 3.8) is 0 Å². The van der Waals surface area contributed by atoms with Gasteiger partial charge in [-0.05, 0) is 36.2 Å². The standard InChI is InChI=1S/C17H22ClNO2/c1-13(2)9-19-10-15-7-8-16(21-15)12-20-11-14-5-3-4-6-17(14)18/h3-8,13,19H,9-12H2,1-2H3. The second kappa shape index (κ2) is 8.23. The summed E-state index contributed by atoms with van der Waals surface area (Å²) in [6.07, 6.45) is 0. The molecule has 114 valence electrons. The molecular formula is C17H22ClNO2. The maximum Gasteiger partial charge on any atom is 0.129 e. The van der Waals surface area contributed by atoms with Gasteiger partial charge in [-0.1, -0.05) is 43.6 Å². The molecule has 4 heteroatoms. The van der Waals surface area contributed by atoms with E-state index in [2.05, 4.69) is 19.2 Å². The van der Waals surface area contributed by atoms with E-state index in [1.807, 2.05) is 36.4 Å². The van der Waals surface area contributed by atoms with Gasteiger partial charge >= 0.3 is 0 Å². The van der Waals surface area contributed by atoms with E-state index in [1.165, 1.54) is 0 Å². The predicted octanol–water partition coefficient (Wildman–Crippen LogP) is 4.40. The van der Waals surface area contributed by atoms with Crippen molar-refractivity contribution in [2.75, 3.05) is 6.54 Å². The van der Waals surface area contributed by atoms with Crippen LogP contribution in [0.15, 0.2) is 40.8 Å². The van der Waals surface area contributed by atoms with Gasteiger partial charge in [-0.15, -0.1) is 0 Å². The lowest BCUT2D eigenvalue weighted by Gasteiger charge is -2.06. The molecule has 0 saturated carbocycles. The minimum absolute atomic E-state index is 0.454. The fourth-order valence-corrected chi connectivity index (χ4v) is 2.15. The molecule has 21 heavy (non-hydrogen) atoms. The topological polar surface area (TPSA) is 34.4 Å². The van der Waals surface area contributed by atoms with Crippen LogP contribution in [0.4, 0.5) is 0 Å². The summed E-state index contributed by atoms with van der Waals surface area (Å²) in [5.74, 6) is 2.41. The quantitative estimate of drug-likeness (QED) is 0.785. The minimum atomic E-state index is 0.454. The second-order valence-corrected chi connectivity index (χ2v) is 5.88. The molecule has 0 aliphatic carbocycles. The number of rotatable bonds is 8. The van der Waals surface area contributed by atoms with Gasteiger partial charge in [0.25, 0.3) is 0 Å². The molecule has 2 rings (SSSR count). The Morgan fingerprint density at radius 1 is 1.10 bits per heavy atom. The molecule has 1 N–H and O–H groups in total. The lowest BCUT2D eigenvalue weighted by atomic mass is 10.2. The molecule has 1 aromatic carbocycles. The Morgan fingerprint density at radius 3 is 2.62 bits per heavy atom. The normalized spacial score (nSPS) is 11.2. The summed E-state index contributed by atoms with van der Waals surface area (Å²) < 4.78 is 11.4. The number of hydrogen-bond donors (Lipinski definition) is 1. The van der Waals surface area contributed by atoms with Gasteiger partial charge in [0.05, 0.1) is 13.2 Å². The molecule has 0 unspecified atom stereocenters. The predicted molar refractivity (Wildman–Crippen MR) is 85.2 cm³/mol. The molecule has 0 spiro atoms. The highest BCUT2D eigenvalue weighted by atomic mass is 35.5. The minimum Gasteiger partial charge on any atom is -0.462 e. The largest absolute Gasteiger partial charge is 0.462 e. The van der Waals surface area contributed by atoms with E-state index in [-0.39, 0.29) is 0 Å². The molecule has 1 aromatic heterocycles. The summed E-state index contributed by atoms with van der Waals surface area (Å²) in [4.78, 5) is 0. The van der Waals surface area contributed by atoms with Gasteiger partial charge in [0.1, 0.15) is 18.1 Å². The van der Waals surface area contributed by atoms with Crippen molar-refractivity contribution >= 4 is 11.6 Å². The van der Waals surface area contributed by atoms with E-state index < -0.39 is 0 Å². The summed E-state index contributed by atoms with van der Waals surface area (Å²) in [5, 5.41) is 4.08. The Kier molecular flexibility index (Phi) is 6.30. The van der Waals surface area contributed by atoms with Gasteiger partial charge in [-0.2, -0.15) is 0 Å². The molecule has 0 aliphatic rings. The van der Waals surface area contributed by atoms with Gasteiger partial charge in [0.2, 0.25) is 0 Å². The van der Waals surface area contributed by atoms with Crippen molar-refractivity contribution in [2.45, 2.75) is 33.6 Å². The average Bonchev–Trinajstić information content (AvgIpc) is 2.88. The fraction of sp³-hybridized carbons (Fsp3) is 0.412. The first-order valence-electron chi connectivity index (χ1n) is 7.24. The molecule has 0 amide bonds. The van der Waals surface area contributed by atoms with Crippen LogP contribution in [0.1, 0.15) is 30.9 Å². The van der Waals surface area contributed by atoms with Gasteiger partial charge in [-0.3, -0.25) is 0 Å². The Bertz CT molecular complexity index is 551. The zero-order valence-electron chi connectivity index (χ0n) is 12.6. The third-order valence-electron chi connectivity index (χ3n) is 3.03. The van der Waals surface area contributed by atoms with E-state index in [4.69, 9.17) is 20.8 Å². The van der Waals surface area contributed by atoms with Gasteiger partial charge in [0.15, 0.2) is 0 Å². The van der Waals surface area contributed by atoms with Crippen molar-refractivity contribution in [3.05, 3.63) is 58.5 Å². The molecular weight excluding hydrogens is 286 g/mol. The monoisotopic (exact) mass is 307 g/mol. The molecule has 0 radical (unpaired) electrons. The van der Waals surface area contributed by atoms with Crippen LogP contribution in [0.25, 0.3) is 0 Å². The highest BCUT2D eigenvalue weighted by Crippen LogP contribution is 2.17. The first-order valence-corrected chi connectivity index (χ1v) is 7.62. The Labute approximate surface area is 131 Å². The summed E-state index contributed by atoms with van der Waals surface area (Å²) in [5.41, 5.74) is 0.990. The van der Waals surface area contributed by atoms with Crippen LogP contribution < -0.4 is 5.32 Å². The third kappa shape index (κ3) is 5.54. The lowest BCUT2D eigenvalue weighted by molar-refractivity contribution is 0.0920. The molecule has 0 bridgehead atoms. The first kappa shape index (κ1) is 16.1. The number of benzene rings is 1. The van der Waals surface area contributed by atoms with Crippen molar-refractivity contribution < 1.29 is 9.15 Å². The smallest absolute Gasteiger partial charge is 0.129 e. The highest BCUT2D eigenvalue weighted by Gasteiger charge is 2.04. The molecule has 0 aliphatic heterocycles. The number of hydrogen-bond acceptors (Lipinski definition) is 3. The second-order valence-electron chi connectivity index (χ2n) is 5.48. The van der Waals surface area contributed by atoms with E-state index in [1.54, 1.807) is 0 Å². The maximum absolute atomic E-state index is 6.08. The molecule has 3 nitrogen and oxygen atoms in total. The molecule has 0 saturated heterocycles. The van der Waals surface area contributed by atoms with Crippen molar-refractivity contribution in [3.8, 4) is 0 Å². The van der Waals surface area contributed by atoms with Crippen molar-refractivity contribution in [2.24, 2.45) is 5.92 Å². The zero-order chi connectivity index (χ0) is 15.1. The zero-order valence-corrected chi connectivity index (χ0v) is 13.3. The lowest BCUT2D eigenvalue weighted by Crippen LogP contribution is -2.18. The van der Waals surface area contributed by atoms with Crippen LogP contribution in [0.5, 0.6) is 0 Å². The van der Waals surface area contributed by atoms with Crippen LogP contribution >= 0.6 is 11.6 Å². The first-order chi connectivity index (χ1) is 10.1. The molecule has 2 aromatic rings. The van der Waals surface area contributed by atoms with E-state index >= 15 is 0 Å². The summed E-state index contributed by atoms with van der Waals surface area (Å²) in [7, 11) is 0. The summed E-state index contributed by atoms with van der Waals surface area (Å²) in [6, 6.07) is 11.6. The number of furan rings is 1.